The summed E-state index contributed by atoms with van der Waals surface area (Å²) in [6.45, 7) is 1.06. The molecule has 0 aliphatic carbocycles. The van der Waals surface area contributed by atoms with E-state index in [1.54, 1.807) is 24.3 Å². The summed E-state index contributed by atoms with van der Waals surface area (Å²) in [6.07, 6.45) is 2.19. The van der Waals surface area contributed by atoms with Crippen LogP contribution < -0.4 is 10.6 Å². The van der Waals surface area contributed by atoms with Crippen molar-refractivity contribution in [2.24, 2.45) is 0 Å². The molecule has 0 fully saturated rings. The minimum absolute atomic E-state index is 0.0191. The molecule has 0 aromatic heterocycles. The van der Waals surface area contributed by atoms with E-state index in [4.69, 9.17) is 0 Å². The number of amides is 6. The Hall–Kier alpha value is -9.56. The lowest BCUT2D eigenvalue weighted by atomic mass is 9.85. The summed E-state index contributed by atoms with van der Waals surface area (Å²) >= 11 is 0. The number of rotatable bonds is 16. The zero-order chi connectivity index (χ0) is 51.9. The summed E-state index contributed by atoms with van der Waals surface area (Å²) in [6, 6.07) is 49.8. The Morgan fingerprint density at radius 1 is 0.338 bits per heavy atom. The van der Waals surface area contributed by atoms with Crippen molar-refractivity contribution in [2.45, 2.75) is 25.7 Å². The van der Waals surface area contributed by atoms with Gasteiger partial charge in [-0.25, -0.2) is 9.59 Å². The average Bonchev–Trinajstić information content (AvgIpc) is 3.42. The normalized spacial score (nSPS) is 12.6. The molecule has 4 N–H and O–H groups in total. The number of aromatic carboxylic acids is 2. The maximum absolute atomic E-state index is 13.4. The summed E-state index contributed by atoms with van der Waals surface area (Å²) in [5.74, 6) is -5.42. The molecule has 2 aliphatic heterocycles. The minimum Gasteiger partial charge on any atom is -0.478 e. The zero-order valence-electron chi connectivity index (χ0n) is 39.9. The number of hydrogen-bond acceptors (Lipinski definition) is 8. The van der Waals surface area contributed by atoms with Gasteiger partial charge in [-0.2, -0.15) is 0 Å². The molecule has 14 heteroatoms. The first-order chi connectivity index (χ1) is 35.9. The Kier molecular flexibility index (Phi) is 14.6. The Bertz CT molecular complexity index is 3230. The summed E-state index contributed by atoms with van der Waals surface area (Å²) in [7, 11) is 0. The van der Waals surface area contributed by atoms with Crippen molar-refractivity contribution in [3.8, 4) is 0 Å². The molecule has 0 spiro atoms. The third-order valence-electron chi connectivity index (χ3n) is 13.2. The van der Waals surface area contributed by atoms with Crippen LogP contribution in [0.15, 0.2) is 170 Å². The van der Waals surface area contributed by atoms with Crippen molar-refractivity contribution in [1.29, 1.82) is 0 Å². The van der Waals surface area contributed by atoms with Crippen LogP contribution in [0.4, 0.5) is 0 Å². The number of fused-ring (bicyclic) bond motifs is 1. The highest BCUT2D eigenvalue weighted by molar-refractivity contribution is 6.33. The van der Waals surface area contributed by atoms with Crippen molar-refractivity contribution in [3.05, 3.63) is 237 Å². The number of hydrogen-bond donors (Lipinski definition) is 4. The Balaban J connectivity index is 0.000000182. The van der Waals surface area contributed by atoms with Crippen LogP contribution in [0.3, 0.4) is 0 Å². The largest absolute Gasteiger partial charge is 0.478 e. The van der Waals surface area contributed by atoms with Gasteiger partial charge in [-0.1, -0.05) is 121 Å². The molecular weight excluding hydrogens is 937 g/mol. The average molecular weight is 985 g/mol. The Morgan fingerprint density at radius 2 is 0.608 bits per heavy atom. The minimum atomic E-state index is -1.34. The summed E-state index contributed by atoms with van der Waals surface area (Å²) < 4.78 is 0. The molecule has 0 saturated carbocycles. The summed E-state index contributed by atoms with van der Waals surface area (Å²) in [4.78, 5) is 107. The first kappa shape index (κ1) is 49.4. The van der Waals surface area contributed by atoms with Gasteiger partial charge in [0.1, 0.15) is 0 Å². The number of benzene rings is 8. The predicted molar refractivity (Wildman–Crippen MR) is 278 cm³/mol. The molecule has 74 heavy (non-hydrogen) atoms. The standard InChI is InChI=1S/C30H26N2O6.C30H22N2O4/c33-27(31-17-15-19-7-3-1-4-8-19)21-11-13-24(30(37)38)26-22(12-14-23(25(21)26)29(35)36)28(34)32-18-16-20-9-5-2-6-10-20;33-27-21-11-13-23-26-24(30(36)32(29(23)35)18-16-20-9-5-2-6-10-20)14-12-22(25(21)26)28(34)31(27)17-15-19-7-3-1-4-8-19/h1-14H,15-18H2,(H,31,33)(H,32,34)(H,35,36)(H,37,38);1-14H,15-18H2. The van der Waals surface area contributed by atoms with Gasteiger partial charge in [0.15, 0.2) is 0 Å². The molecule has 368 valence electrons. The van der Waals surface area contributed by atoms with Gasteiger partial charge < -0.3 is 20.8 Å². The first-order valence-corrected chi connectivity index (χ1v) is 24.0. The van der Waals surface area contributed by atoms with Crippen LogP contribution in [-0.2, 0) is 25.7 Å². The fourth-order valence-corrected chi connectivity index (χ4v) is 9.50. The maximum atomic E-state index is 13.4. The molecule has 8 aromatic carbocycles. The number of nitrogens with one attached hydrogen (secondary N) is 2. The van der Waals surface area contributed by atoms with Gasteiger partial charge in [0.25, 0.3) is 35.4 Å². The van der Waals surface area contributed by atoms with Gasteiger partial charge in [-0.05, 0) is 96.5 Å². The SMILES string of the molecule is O=C(O)c1ccc(C(=O)NCCc2ccccc2)c2c(C(=O)O)ccc(C(=O)NCCc3ccccc3)c12.O=C1c2ccc3c4c(ccc(c24)C(=O)N1CCc1ccccc1)C(=O)N(CCc1ccccc1)C3=O. The molecule has 0 unspecified atom stereocenters. The lowest BCUT2D eigenvalue weighted by Crippen LogP contribution is -2.44. The molecule has 6 amide bonds. The number of carbonyl (C=O) groups excluding carboxylic acids is 6. The van der Waals surface area contributed by atoms with E-state index in [1.165, 1.54) is 34.1 Å². The smallest absolute Gasteiger partial charge is 0.336 e. The quantitative estimate of drug-likeness (QED) is 0.0678. The fraction of sp³-hybridized carbons (Fsp3) is 0.133. The van der Waals surface area contributed by atoms with Crippen molar-refractivity contribution in [2.75, 3.05) is 26.2 Å². The highest BCUT2D eigenvalue weighted by Crippen LogP contribution is 2.38. The topological polar surface area (TPSA) is 208 Å². The van der Waals surface area contributed by atoms with E-state index in [0.717, 1.165) is 22.3 Å². The number of carboxylic acid groups (broad SMARTS) is 2. The van der Waals surface area contributed by atoms with E-state index in [9.17, 15) is 48.6 Å². The number of carbonyl (C=O) groups is 8. The van der Waals surface area contributed by atoms with Gasteiger partial charge in [0.2, 0.25) is 0 Å². The third-order valence-corrected chi connectivity index (χ3v) is 13.2. The lowest BCUT2D eigenvalue weighted by Gasteiger charge is -2.32. The molecule has 0 atom stereocenters. The predicted octanol–water partition coefficient (Wildman–Crippen LogP) is 8.70. The van der Waals surface area contributed by atoms with Crippen LogP contribution in [0.1, 0.15) is 105 Å². The second kappa shape index (κ2) is 21.8. The van der Waals surface area contributed by atoms with Gasteiger partial charge in [-0.15, -0.1) is 0 Å². The van der Waals surface area contributed by atoms with Crippen LogP contribution in [-0.4, -0.2) is 93.6 Å². The Morgan fingerprint density at radius 3 is 0.892 bits per heavy atom. The summed E-state index contributed by atoms with van der Waals surface area (Å²) in [5.41, 5.74) is 4.89. The molecule has 0 saturated heterocycles. The highest BCUT2D eigenvalue weighted by atomic mass is 16.4. The molecule has 8 aromatic rings. The van der Waals surface area contributed by atoms with Gasteiger partial charge in [0, 0.05) is 81.1 Å². The number of nitrogens with zero attached hydrogens (tertiary/aromatic N) is 2. The monoisotopic (exact) mass is 984 g/mol. The number of carboxylic acids is 2. The molecule has 0 radical (unpaired) electrons. The Labute approximate surface area is 424 Å². The molecule has 2 heterocycles. The van der Waals surface area contributed by atoms with Gasteiger partial charge in [-0.3, -0.25) is 38.6 Å². The van der Waals surface area contributed by atoms with Crippen molar-refractivity contribution in [3.63, 3.8) is 0 Å². The van der Waals surface area contributed by atoms with Crippen molar-refractivity contribution in [1.82, 2.24) is 20.4 Å². The van der Waals surface area contributed by atoms with Crippen molar-refractivity contribution < 1.29 is 48.6 Å². The molecule has 2 aliphatic rings. The highest BCUT2D eigenvalue weighted by Gasteiger charge is 2.39. The zero-order valence-corrected chi connectivity index (χ0v) is 39.9. The maximum Gasteiger partial charge on any atom is 0.336 e. The summed E-state index contributed by atoms with van der Waals surface area (Å²) in [5, 5.41) is 25.9. The van der Waals surface area contributed by atoms with E-state index in [2.05, 4.69) is 10.6 Å². The van der Waals surface area contributed by atoms with Crippen LogP contribution in [0.2, 0.25) is 0 Å². The van der Waals surface area contributed by atoms with Crippen LogP contribution >= 0.6 is 0 Å². The molecule has 14 nitrogen and oxygen atoms in total. The molecule has 0 bridgehead atoms. The van der Waals surface area contributed by atoms with E-state index < -0.39 is 47.4 Å². The fourth-order valence-electron chi connectivity index (χ4n) is 9.50. The van der Waals surface area contributed by atoms with Crippen LogP contribution in [0.25, 0.3) is 21.5 Å². The second-order valence-electron chi connectivity index (χ2n) is 17.7. The molecular formula is C60H48N4O10. The second-order valence-corrected chi connectivity index (χ2v) is 17.7. The van der Waals surface area contributed by atoms with E-state index in [-0.39, 0.29) is 59.2 Å². The lowest BCUT2D eigenvalue weighted by molar-refractivity contribution is 0.0590. The van der Waals surface area contributed by atoms with Crippen molar-refractivity contribution >= 4 is 68.9 Å². The number of imide groups is 2. The first-order valence-electron chi connectivity index (χ1n) is 24.0. The van der Waals surface area contributed by atoms with E-state index in [0.29, 0.717) is 58.7 Å². The van der Waals surface area contributed by atoms with Crippen LogP contribution in [0.5, 0.6) is 0 Å². The van der Waals surface area contributed by atoms with E-state index >= 15 is 0 Å². The van der Waals surface area contributed by atoms with Gasteiger partial charge >= 0.3 is 11.9 Å². The third kappa shape index (κ3) is 10.1. The van der Waals surface area contributed by atoms with E-state index in [1.807, 2.05) is 121 Å². The van der Waals surface area contributed by atoms with Gasteiger partial charge in [0.05, 0.1) is 11.1 Å². The van der Waals surface area contributed by atoms with Crippen LogP contribution in [0, 0.1) is 0 Å². The molecule has 10 rings (SSSR count).